The third-order valence-electron chi connectivity index (χ3n) is 2.77. The maximum atomic E-state index is 12.1. The maximum absolute atomic E-state index is 12.1. The second-order valence-corrected chi connectivity index (χ2v) is 5.16. The van der Waals surface area contributed by atoms with E-state index in [9.17, 15) is 4.79 Å². The van der Waals surface area contributed by atoms with Crippen molar-refractivity contribution in [3.8, 4) is 5.75 Å². The first-order chi connectivity index (χ1) is 10.6. The topological polar surface area (TPSA) is 50.4 Å². The van der Waals surface area contributed by atoms with Crippen LogP contribution in [-0.2, 0) is 0 Å². The van der Waals surface area contributed by atoms with Crippen molar-refractivity contribution in [3.63, 3.8) is 0 Å². The number of thiocarbonyl (C=S) groups is 1. The average molecular weight is 335 g/mol. The third-order valence-corrected chi connectivity index (χ3v) is 3.30. The molecule has 0 radical (unpaired) electrons. The number of nitrogens with one attached hydrogen (secondary N) is 2. The quantitative estimate of drug-likeness (QED) is 0.833. The summed E-state index contributed by atoms with van der Waals surface area (Å²) in [5.74, 6) is 0.424. The van der Waals surface area contributed by atoms with E-state index in [1.807, 2.05) is 31.2 Å². The molecule has 0 aliphatic carbocycles. The van der Waals surface area contributed by atoms with E-state index in [1.54, 1.807) is 24.3 Å². The normalized spacial score (nSPS) is 9.91. The van der Waals surface area contributed by atoms with Crippen LogP contribution in [-0.4, -0.2) is 17.6 Å². The van der Waals surface area contributed by atoms with Crippen molar-refractivity contribution in [1.82, 2.24) is 5.32 Å². The SMILES string of the molecule is CCOc1ccc(NC(=S)NC(=O)c2ccccc2Cl)cc1. The van der Waals surface area contributed by atoms with Gasteiger partial charge in [-0.25, -0.2) is 0 Å². The molecular formula is C16H15ClN2O2S. The summed E-state index contributed by atoms with van der Waals surface area (Å²) in [6.45, 7) is 2.53. The van der Waals surface area contributed by atoms with Crippen LogP contribution in [0.5, 0.6) is 5.75 Å². The molecule has 1 amide bonds. The molecule has 0 spiro atoms. The van der Waals surface area contributed by atoms with Gasteiger partial charge in [0.2, 0.25) is 0 Å². The number of hydrogen-bond donors (Lipinski definition) is 2. The van der Waals surface area contributed by atoms with Gasteiger partial charge in [0.05, 0.1) is 17.2 Å². The van der Waals surface area contributed by atoms with E-state index in [1.165, 1.54) is 0 Å². The summed E-state index contributed by atoms with van der Waals surface area (Å²) in [5.41, 5.74) is 1.13. The molecule has 0 bridgehead atoms. The Bertz CT molecular complexity index is 674. The van der Waals surface area contributed by atoms with Gasteiger partial charge in [-0.15, -0.1) is 0 Å². The number of amides is 1. The van der Waals surface area contributed by atoms with E-state index in [0.29, 0.717) is 17.2 Å². The molecule has 0 aliphatic rings. The van der Waals surface area contributed by atoms with Gasteiger partial charge in [0.1, 0.15) is 5.75 Å². The van der Waals surface area contributed by atoms with Crippen LogP contribution in [0.3, 0.4) is 0 Å². The molecule has 22 heavy (non-hydrogen) atoms. The highest BCUT2D eigenvalue weighted by Gasteiger charge is 2.11. The van der Waals surface area contributed by atoms with Gasteiger partial charge in [-0.05, 0) is 55.5 Å². The largest absolute Gasteiger partial charge is 0.494 e. The summed E-state index contributed by atoms with van der Waals surface area (Å²) in [5, 5.41) is 6.10. The van der Waals surface area contributed by atoms with Crippen LogP contribution in [0.1, 0.15) is 17.3 Å². The van der Waals surface area contributed by atoms with Gasteiger partial charge in [-0.1, -0.05) is 23.7 Å². The number of carbonyl (C=O) groups excluding carboxylic acids is 1. The molecule has 6 heteroatoms. The molecule has 0 fully saturated rings. The van der Waals surface area contributed by atoms with Crippen LogP contribution in [0.25, 0.3) is 0 Å². The van der Waals surface area contributed by atoms with E-state index in [2.05, 4.69) is 10.6 Å². The van der Waals surface area contributed by atoms with Crippen molar-refractivity contribution in [2.45, 2.75) is 6.92 Å². The molecular weight excluding hydrogens is 320 g/mol. The van der Waals surface area contributed by atoms with Crippen LogP contribution in [0, 0.1) is 0 Å². The summed E-state index contributed by atoms with van der Waals surface area (Å²) in [7, 11) is 0. The molecule has 0 aromatic heterocycles. The average Bonchev–Trinajstić information content (AvgIpc) is 2.50. The van der Waals surface area contributed by atoms with E-state index < -0.39 is 0 Å². The molecule has 2 N–H and O–H groups in total. The highest BCUT2D eigenvalue weighted by atomic mass is 35.5. The fraction of sp³-hybridized carbons (Fsp3) is 0.125. The number of benzene rings is 2. The molecule has 0 aliphatic heterocycles. The lowest BCUT2D eigenvalue weighted by Gasteiger charge is -2.11. The van der Waals surface area contributed by atoms with E-state index in [-0.39, 0.29) is 11.0 Å². The number of carbonyl (C=O) groups is 1. The minimum absolute atomic E-state index is 0.203. The Kier molecular flexibility index (Phi) is 5.75. The van der Waals surface area contributed by atoms with Crippen LogP contribution in [0.2, 0.25) is 5.02 Å². The fourth-order valence-electron chi connectivity index (χ4n) is 1.78. The van der Waals surface area contributed by atoms with Crippen molar-refractivity contribution in [2.24, 2.45) is 0 Å². The van der Waals surface area contributed by atoms with Gasteiger partial charge < -0.3 is 10.1 Å². The molecule has 0 saturated heterocycles. The molecule has 2 rings (SSSR count). The van der Waals surface area contributed by atoms with Gasteiger partial charge in [-0.2, -0.15) is 0 Å². The zero-order valence-electron chi connectivity index (χ0n) is 11.9. The molecule has 2 aromatic rings. The monoisotopic (exact) mass is 334 g/mol. The lowest BCUT2D eigenvalue weighted by molar-refractivity contribution is 0.0978. The van der Waals surface area contributed by atoms with E-state index >= 15 is 0 Å². The van der Waals surface area contributed by atoms with Crippen molar-refractivity contribution < 1.29 is 9.53 Å². The molecule has 0 atom stereocenters. The van der Waals surface area contributed by atoms with Crippen molar-refractivity contribution in [1.29, 1.82) is 0 Å². The Hall–Kier alpha value is -2.11. The zero-order chi connectivity index (χ0) is 15.9. The zero-order valence-corrected chi connectivity index (χ0v) is 13.5. The number of hydrogen-bond acceptors (Lipinski definition) is 3. The first-order valence-electron chi connectivity index (χ1n) is 6.70. The second-order valence-electron chi connectivity index (χ2n) is 4.35. The molecule has 0 saturated carbocycles. The van der Waals surface area contributed by atoms with Crippen LogP contribution in [0.4, 0.5) is 5.69 Å². The Morgan fingerprint density at radius 3 is 2.50 bits per heavy atom. The van der Waals surface area contributed by atoms with Crippen molar-refractivity contribution >= 4 is 40.5 Å². The molecule has 0 heterocycles. The Balaban J connectivity index is 1.95. The summed E-state index contributed by atoms with van der Waals surface area (Å²) >= 11 is 11.1. The van der Waals surface area contributed by atoms with Gasteiger partial charge in [-0.3, -0.25) is 10.1 Å². The van der Waals surface area contributed by atoms with Gasteiger partial charge in [0.15, 0.2) is 5.11 Å². The number of anilines is 1. The maximum Gasteiger partial charge on any atom is 0.258 e. The standard InChI is InChI=1S/C16H15ClN2O2S/c1-2-21-12-9-7-11(8-10-12)18-16(22)19-15(20)13-5-3-4-6-14(13)17/h3-10H,2H2,1H3,(H2,18,19,20,22). The number of rotatable bonds is 4. The van der Waals surface area contributed by atoms with Gasteiger partial charge >= 0.3 is 0 Å². The predicted octanol–water partition coefficient (Wildman–Crippen LogP) is 3.87. The second kappa shape index (κ2) is 7.77. The van der Waals surface area contributed by atoms with Crippen LogP contribution < -0.4 is 15.4 Å². The van der Waals surface area contributed by atoms with Crippen molar-refractivity contribution in [2.75, 3.05) is 11.9 Å². The number of ether oxygens (including phenoxy) is 1. The smallest absolute Gasteiger partial charge is 0.258 e. The summed E-state index contributed by atoms with van der Waals surface area (Å²) in [6, 6.07) is 14.1. The van der Waals surface area contributed by atoms with E-state index in [0.717, 1.165) is 11.4 Å². The van der Waals surface area contributed by atoms with Gasteiger partial charge in [0, 0.05) is 5.69 Å². The molecule has 114 valence electrons. The predicted molar refractivity (Wildman–Crippen MR) is 92.7 cm³/mol. The highest BCUT2D eigenvalue weighted by molar-refractivity contribution is 7.80. The molecule has 4 nitrogen and oxygen atoms in total. The van der Waals surface area contributed by atoms with E-state index in [4.69, 9.17) is 28.6 Å². The lowest BCUT2D eigenvalue weighted by atomic mass is 10.2. The fourth-order valence-corrected chi connectivity index (χ4v) is 2.21. The van der Waals surface area contributed by atoms with Crippen molar-refractivity contribution in [3.05, 3.63) is 59.1 Å². The van der Waals surface area contributed by atoms with Crippen LogP contribution >= 0.6 is 23.8 Å². The molecule has 2 aromatic carbocycles. The summed E-state index contributed by atoms with van der Waals surface area (Å²) < 4.78 is 5.36. The highest BCUT2D eigenvalue weighted by Crippen LogP contribution is 2.16. The van der Waals surface area contributed by atoms with Crippen LogP contribution in [0.15, 0.2) is 48.5 Å². The minimum Gasteiger partial charge on any atom is -0.494 e. The van der Waals surface area contributed by atoms with Gasteiger partial charge in [0.25, 0.3) is 5.91 Å². The number of halogens is 1. The first-order valence-corrected chi connectivity index (χ1v) is 7.48. The minimum atomic E-state index is -0.353. The lowest BCUT2D eigenvalue weighted by Crippen LogP contribution is -2.34. The third kappa shape index (κ3) is 4.44. The summed E-state index contributed by atoms with van der Waals surface area (Å²) in [6.07, 6.45) is 0. The Labute approximate surface area is 139 Å². The Morgan fingerprint density at radius 2 is 1.86 bits per heavy atom. The Morgan fingerprint density at radius 1 is 1.18 bits per heavy atom. The summed E-state index contributed by atoms with van der Waals surface area (Å²) in [4.78, 5) is 12.1. The molecule has 0 unspecified atom stereocenters. The first kappa shape index (κ1) is 16.3.